The van der Waals surface area contributed by atoms with Crippen LogP contribution in [0.1, 0.15) is 0 Å². The first-order chi connectivity index (χ1) is 6.22. The summed E-state index contributed by atoms with van der Waals surface area (Å²) in [5.74, 6) is 0. The molecule has 1 fully saturated rings. The number of morpholine rings is 1. The molecule has 0 saturated carbocycles. The van der Waals surface area contributed by atoms with Gasteiger partial charge < -0.3 is 19.7 Å². The Balaban J connectivity index is 2.17. The van der Waals surface area contributed by atoms with E-state index in [2.05, 4.69) is 17.3 Å². The highest BCUT2D eigenvalue weighted by molar-refractivity contribution is 5.69. The van der Waals surface area contributed by atoms with Gasteiger partial charge in [0.05, 0.1) is 6.61 Å². The largest absolute Gasteiger partial charge is 0.463 e. The van der Waals surface area contributed by atoms with Crippen molar-refractivity contribution in [3.05, 3.63) is 0 Å². The predicted octanol–water partition coefficient (Wildman–Crippen LogP) is -0.512. The molecule has 0 aromatic rings. The molecule has 0 aromatic heterocycles. The van der Waals surface area contributed by atoms with E-state index in [0.29, 0.717) is 6.61 Å². The normalized spacial score (nSPS) is 24.0. The maximum Gasteiger partial charge on any atom is 0.281 e. The van der Waals surface area contributed by atoms with Gasteiger partial charge in [-0.3, -0.25) is 5.41 Å². The third kappa shape index (κ3) is 3.61. The number of hydrogen-bond donors (Lipinski definition) is 2. The molecule has 1 aliphatic rings. The van der Waals surface area contributed by atoms with Crippen LogP contribution in [0.5, 0.6) is 0 Å². The van der Waals surface area contributed by atoms with Crippen LogP contribution in [-0.2, 0) is 9.47 Å². The fourth-order valence-corrected chi connectivity index (χ4v) is 1.22. The summed E-state index contributed by atoms with van der Waals surface area (Å²) in [6, 6.07) is 0.0943. The highest BCUT2D eigenvalue weighted by Gasteiger charge is 2.18. The van der Waals surface area contributed by atoms with Crippen molar-refractivity contribution in [2.24, 2.45) is 0 Å². The number of amidine groups is 1. The van der Waals surface area contributed by atoms with Crippen LogP contribution in [0, 0.1) is 5.41 Å². The zero-order valence-electron chi connectivity index (χ0n) is 8.17. The Bertz CT molecular complexity index is 175. The zero-order valence-corrected chi connectivity index (χ0v) is 8.17. The van der Waals surface area contributed by atoms with Crippen molar-refractivity contribution in [1.82, 2.24) is 10.2 Å². The molecule has 0 radical (unpaired) electrons. The molecule has 1 atom stereocenters. The fourth-order valence-electron chi connectivity index (χ4n) is 1.22. The third-order valence-electron chi connectivity index (χ3n) is 1.98. The molecule has 0 aromatic carbocycles. The van der Waals surface area contributed by atoms with Crippen LogP contribution in [0.15, 0.2) is 0 Å². The number of likely N-dealkylation sites (N-methyl/N-ethyl adjacent to an activating group) is 1. The molecule has 5 heteroatoms. The average molecular weight is 187 g/mol. The lowest BCUT2D eigenvalue weighted by Crippen LogP contribution is -2.43. The van der Waals surface area contributed by atoms with Crippen LogP contribution < -0.4 is 5.32 Å². The molecule has 0 spiro atoms. The first kappa shape index (κ1) is 10.3. The monoisotopic (exact) mass is 187 g/mol. The third-order valence-corrected chi connectivity index (χ3v) is 1.98. The number of ether oxygens (including phenoxy) is 2. The minimum Gasteiger partial charge on any atom is -0.463 e. The van der Waals surface area contributed by atoms with E-state index in [4.69, 9.17) is 14.9 Å². The summed E-state index contributed by atoms with van der Waals surface area (Å²) in [7, 11) is 3.72. The fraction of sp³-hybridized carbons (Fsp3) is 0.875. The van der Waals surface area contributed by atoms with Gasteiger partial charge in [-0.05, 0) is 7.05 Å². The van der Waals surface area contributed by atoms with Gasteiger partial charge in [0.1, 0.15) is 12.7 Å². The second-order valence-corrected chi connectivity index (χ2v) is 3.15. The minimum absolute atomic E-state index is 0.0902. The van der Waals surface area contributed by atoms with E-state index in [-0.39, 0.29) is 12.1 Å². The molecule has 0 aliphatic carbocycles. The molecular weight excluding hydrogens is 170 g/mol. The Kier molecular flexibility index (Phi) is 3.98. The second-order valence-electron chi connectivity index (χ2n) is 3.15. The molecule has 1 aliphatic heterocycles. The molecule has 0 unspecified atom stereocenters. The van der Waals surface area contributed by atoms with E-state index in [1.807, 2.05) is 0 Å². The number of nitrogens with one attached hydrogen (secondary N) is 2. The van der Waals surface area contributed by atoms with E-state index < -0.39 is 0 Å². The summed E-state index contributed by atoms with van der Waals surface area (Å²) in [5.41, 5.74) is 0. The lowest BCUT2D eigenvalue weighted by Gasteiger charge is -2.29. The van der Waals surface area contributed by atoms with Gasteiger partial charge in [0, 0.05) is 20.1 Å². The molecule has 1 rings (SSSR count). The Labute approximate surface area is 78.5 Å². The van der Waals surface area contributed by atoms with Gasteiger partial charge in [0.15, 0.2) is 0 Å². The van der Waals surface area contributed by atoms with Crippen molar-refractivity contribution in [2.75, 3.05) is 40.4 Å². The van der Waals surface area contributed by atoms with Gasteiger partial charge in [-0.2, -0.15) is 0 Å². The van der Waals surface area contributed by atoms with E-state index in [1.54, 1.807) is 7.05 Å². The lowest BCUT2D eigenvalue weighted by atomic mass is 10.3. The van der Waals surface area contributed by atoms with Crippen molar-refractivity contribution in [2.45, 2.75) is 6.10 Å². The summed E-state index contributed by atoms with van der Waals surface area (Å²) in [5, 5.41) is 9.81. The van der Waals surface area contributed by atoms with Crippen LogP contribution in [0.2, 0.25) is 0 Å². The SMILES string of the molecule is CNC(=N)OC[C@@H]1CN(C)CCO1. The van der Waals surface area contributed by atoms with E-state index in [1.165, 1.54) is 0 Å². The van der Waals surface area contributed by atoms with Crippen LogP contribution >= 0.6 is 0 Å². The summed E-state index contributed by atoms with van der Waals surface area (Å²) in [6.07, 6.45) is 0.0902. The standard InChI is InChI=1S/C8H17N3O2/c1-10-8(9)13-6-7-5-11(2)3-4-12-7/h7H,3-6H2,1-2H3,(H2,9,10)/t7-/m0/s1. The quantitative estimate of drug-likeness (QED) is 0.451. The van der Waals surface area contributed by atoms with Crippen LogP contribution in [0.4, 0.5) is 0 Å². The first-order valence-electron chi connectivity index (χ1n) is 4.41. The topological polar surface area (TPSA) is 57.6 Å². The number of rotatable bonds is 2. The second kappa shape index (κ2) is 5.04. The van der Waals surface area contributed by atoms with Gasteiger partial charge in [-0.15, -0.1) is 0 Å². The summed E-state index contributed by atoms with van der Waals surface area (Å²) in [6.45, 7) is 3.04. The Morgan fingerprint density at radius 3 is 3.15 bits per heavy atom. The van der Waals surface area contributed by atoms with Crippen molar-refractivity contribution in [1.29, 1.82) is 5.41 Å². The molecule has 2 N–H and O–H groups in total. The van der Waals surface area contributed by atoms with Gasteiger partial charge in [0.2, 0.25) is 0 Å². The van der Waals surface area contributed by atoms with E-state index >= 15 is 0 Å². The summed E-state index contributed by atoms with van der Waals surface area (Å²) < 4.78 is 10.6. The van der Waals surface area contributed by atoms with Crippen molar-refractivity contribution >= 4 is 6.02 Å². The molecule has 1 heterocycles. The highest BCUT2D eigenvalue weighted by atomic mass is 16.5. The van der Waals surface area contributed by atoms with Crippen molar-refractivity contribution < 1.29 is 9.47 Å². The maximum absolute atomic E-state index is 7.20. The predicted molar refractivity (Wildman–Crippen MR) is 50.0 cm³/mol. The van der Waals surface area contributed by atoms with Crippen molar-refractivity contribution in [3.63, 3.8) is 0 Å². The Hall–Kier alpha value is -0.810. The van der Waals surface area contributed by atoms with Crippen LogP contribution in [0.25, 0.3) is 0 Å². The summed E-state index contributed by atoms with van der Waals surface area (Å²) in [4.78, 5) is 2.19. The van der Waals surface area contributed by atoms with Gasteiger partial charge in [-0.1, -0.05) is 0 Å². The van der Waals surface area contributed by atoms with E-state index in [9.17, 15) is 0 Å². The first-order valence-corrected chi connectivity index (χ1v) is 4.41. The highest BCUT2D eigenvalue weighted by Crippen LogP contribution is 2.02. The van der Waals surface area contributed by atoms with E-state index in [0.717, 1.165) is 19.7 Å². The lowest BCUT2D eigenvalue weighted by molar-refractivity contribution is -0.0434. The Morgan fingerprint density at radius 2 is 2.54 bits per heavy atom. The zero-order chi connectivity index (χ0) is 9.68. The molecule has 0 bridgehead atoms. The minimum atomic E-state index is 0.0902. The van der Waals surface area contributed by atoms with Crippen molar-refractivity contribution in [3.8, 4) is 0 Å². The Morgan fingerprint density at radius 1 is 1.77 bits per heavy atom. The van der Waals surface area contributed by atoms with Crippen LogP contribution in [0.3, 0.4) is 0 Å². The maximum atomic E-state index is 7.20. The van der Waals surface area contributed by atoms with Gasteiger partial charge in [-0.25, -0.2) is 0 Å². The summed E-state index contributed by atoms with van der Waals surface area (Å²) >= 11 is 0. The molecule has 13 heavy (non-hydrogen) atoms. The molecular formula is C8H17N3O2. The average Bonchev–Trinajstić information content (AvgIpc) is 2.14. The number of hydrogen-bond acceptors (Lipinski definition) is 4. The molecule has 1 saturated heterocycles. The van der Waals surface area contributed by atoms with Gasteiger partial charge >= 0.3 is 0 Å². The number of nitrogens with zero attached hydrogens (tertiary/aromatic N) is 1. The van der Waals surface area contributed by atoms with Gasteiger partial charge in [0.25, 0.3) is 6.02 Å². The molecule has 76 valence electrons. The molecule has 0 amide bonds. The molecule has 5 nitrogen and oxygen atoms in total. The van der Waals surface area contributed by atoms with Crippen LogP contribution in [-0.4, -0.2) is 57.4 Å². The smallest absolute Gasteiger partial charge is 0.281 e.